The van der Waals surface area contributed by atoms with Gasteiger partial charge in [0.15, 0.2) is 0 Å². The Morgan fingerprint density at radius 3 is 2.95 bits per heavy atom. The van der Waals surface area contributed by atoms with Crippen LogP contribution in [0, 0.1) is 11.8 Å². The number of rotatable bonds is 4. The first-order chi connectivity index (χ1) is 9.88. The third-order valence-corrected chi connectivity index (χ3v) is 3.46. The molecule has 1 aromatic heterocycles. The van der Waals surface area contributed by atoms with Crippen molar-refractivity contribution in [3.8, 4) is 0 Å². The molecule has 0 radical (unpaired) electrons. The molecule has 1 aromatic rings. The van der Waals surface area contributed by atoms with Crippen LogP contribution in [0.25, 0.3) is 0 Å². The second kappa shape index (κ2) is 6.26. The number of nitrogens with zero attached hydrogens (tertiary/aromatic N) is 2. The van der Waals surface area contributed by atoms with E-state index in [1.165, 1.54) is 4.57 Å². The Morgan fingerprint density at radius 2 is 2.33 bits per heavy atom. The highest BCUT2D eigenvalue weighted by atomic mass is 16.6. The number of aromatic nitrogens is 2. The predicted molar refractivity (Wildman–Crippen MR) is 76.4 cm³/mol. The monoisotopic (exact) mass is 295 g/mol. The second-order valence-electron chi connectivity index (χ2n) is 5.69. The first-order valence-corrected chi connectivity index (χ1v) is 7.05. The van der Waals surface area contributed by atoms with E-state index in [1.54, 1.807) is 26.1 Å². The smallest absolute Gasteiger partial charge is 0.351 e. The normalized spacial score (nSPS) is 25.2. The van der Waals surface area contributed by atoms with Crippen LogP contribution >= 0.6 is 0 Å². The molecule has 21 heavy (non-hydrogen) atoms. The molecule has 116 valence electrons. The van der Waals surface area contributed by atoms with Gasteiger partial charge in [0.25, 0.3) is 0 Å². The van der Waals surface area contributed by atoms with Crippen LogP contribution < -0.4 is 11.4 Å². The number of carbonyl (C=O) groups excluding carboxylic acids is 1. The molecule has 3 unspecified atom stereocenters. The quantitative estimate of drug-likeness (QED) is 0.831. The van der Waals surface area contributed by atoms with Crippen molar-refractivity contribution < 1.29 is 14.3 Å². The van der Waals surface area contributed by atoms with Crippen LogP contribution in [0.3, 0.4) is 0 Å². The van der Waals surface area contributed by atoms with Crippen LogP contribution in [0.5, 0.6) is 0 Å². The van der Waals surface area contributed by atoms with Gasteiger partial charge in [-0.1, -0.05) is 20.8 Å². The first kappa shape index (κ1) is 15.5. The molecule has 0 aromatic carbocycles. The van der Waals surface area contributed by atoms with Gasteiger partial charge in [0.2, 0.25) is 0 Å². The fraction of sp³-hybridized carbons (Fsp3) is 0.643. The summed E-state index contributed by atoms with van der Waals surface area (Å²) < 4.78 is 12.4. The number of anilines is 1. The lowest BCUT2D eigenvalue weighted by atomic mass is 10.1. The molecule has 3 atom stereocenters. The SMILES string of the molecule is CC(C)C(=O)OCC1CC(C)C(n2ccc(N)nc2=O)O1. The maximum Gasteiger partial charge on any atom is 0.351 e. The Labute approximate surface area is 123 Å². The maximum absolute atomic E-state index is 11.8. The third kappa shape index (κ3) is 3.60. The fourth-order valence-corrected chi connectivity index (χ4v) is 2.33. The van der Waals surface area contributed by atoms with Crippen LogP contribution in [0.2, 0.25) is 0 Å². The van der Waals surface area contributed by atoms with Crippen molar-refractivity contribution in [2.75, 3.05) is 12.3 Å². The summed E-state index contributed by atoms with van der Waals surface area (Å²) in [6, 6.07) is 1.56. The summed E-state index contributed by atoms with van der Waals surface area (Å²) in [5.74, 6) is -0.107. The molecule has 2 N–H and O–H groups in total. The van der Waals surface area contributed by atoms with Gasteiger partial charge >= 0.3 is 11.7 Å². The number of hydrogen-bond acceptors (Lipinski definition) is 6. The van der Waals surface area contributed by atoms with Gasteiger partial charge in [-0.3, -0.25) is 9.36 Å². The van der Waals surface area contributed by atoms with Crippen molar-refractivity contribution in [1.29, 1.82) is 0 Å². The minimum atomic E-state index is -0.438. The van der Waals surface area contributed by atoms with E-state index in [-0.39, 0.29) is 36.3 Å². The van der Waals surface area contributed by atoms with E-state index in [9.17, 15) is 9.59 Å². The standard InChI is InChI=1S/C14H21N3O4/c1-8(2)13(18)20-7-10-6-9(3)12(21-10)17-5-4-11(15)16-14(17)19/h4-5,8-10,12H,6-7H2,1-3H3,(H2,15,16,19). The minimum absolute atomic E-state index is 0.121. The molecule has 1 aliphatic heterocycles. The highest BCUT2D eigenvalue weighted by Crippen LogP contribution is 2.33. The van der Waals surface area contributed by atoms with E-state index in [0.29, 0.717) is 6.42 Å². The average Bonchev–Trinajstić information content (AvgIpc) is 2.77. The van der Waals surface area contributed by atoms with Crippen LogP contribution in [0.15, 0.2) is 17.1 Å². The fourth-order valence-electron chi connectivity index (χ4n) is 2.33. The molecule has 0 amide bonds. The minimum Gasteiger partial charge on any atom is -0.463 e. The van der Waals surface area contributed by atoms with E-state index in [1.807, 2.05) is 6.92 Å². The lowest BCUT2D eigenvalue weighted by molar-refractivity contribution is -0.152. The Hall–Kier alpha value is -1.89. The van der Waals surface area contributed by atoms with Gasteiger partial charge in [-0.25, -0.2) is 4.79 Å². The van der Waals surface area contributed by atoms with Crippen LogP contribution in [0.4, 0.5) is 5.82 Å². The molecule has 0 saturated carbocycles. The molecule has 7 nitrogen and oxygen atoms in total. The Bertz CT molecular complexity index is 570. The molecule has 1 aliphatic rings. The van der Waals surface area contributed by atoms with Crippen LogP contribution in [-0.2, 0) is 14.3 Å². The zero-order valence-electron chi connectivity index (χ0n) is 12.5. The van der Waals surface area contributed by atoms with E-state index < -0.39 is 11.9 Å². The number of nitrogens with two attached hydrogens (primary N) is 1. The molecular weight excluding hydrogens is 274 g/mol. The second-order valence-corrected chi connectivity index (χ2v) is 5.69. The van der Waals surface area contributed by atoms with Crippen molar-refractivity contribution in [2.24, 2.45) is 11.8 Å². The summed E-state index contributed by atoms with van der Waals surface area (Å²) in [5.41, 5.74) is 5.04. The van der Waals surface area contributed by atoms with Gasteiger partial charge in [-0.05, 0) is 12.5 Å². The maximum atomic E-state index is 11.8. The van der Waals surface area contributed by atoms with Crippen molar-refractivity contribution in [2.45, 2.75) is 39.5 Å². The molecule has 7 heteroatoms. The summed E-state index contributed by atoms with van der Waals surface area (Å²) in [6.07, 6.45) is 1.67. The summed E-state index contributed by atoms with van der Waals surface area (Å²) in [6.45, 7) is 5.75. The molecule has 2 rings (SSSR count). The molecule has 2 heterocycles. The molecule has 0 aliphatic carbocycles. The third-order valence-electron chi connectivity index (χ3n) is 3.46. The molecule has 0 spiro atoms. The molecular formula is C14H21N3O4. The summed E-state index contributed by atoms with van der Waals surface area (Å²) in [5, 5.41) is 0. The number of nitrogen functional groups attached to an aromatic ring is 1. The Kier molecular flexibility index (Phi) is 4.62. The Balaban J connectivity index is 2.01. The van der Waals surface area contributed by atoms with Crippen molar-refractivity contribution in [3.05, 3.63) is 22.7 Å². The van der Waals surface area contributed by atoms with Gasteiger partial charge < -0.3 is 15.2 Å². The van der Waals surface area contributed by atoms with Gasteiger partial charge in [-0.15, -0.1) is 0 Å². The zero-order chi connectivity index (χ0) is 15.6. The largest absolute Gasteiger partial charge is 0.463 e. The highest BCUT2D eigenvalue weighted by molar-refractivity contribution is 5.71. The lowest BCUT2D eigenvalue weighted by Crippen LogP contribution is -2.30. The lowest BCUT2D eigenvalue weighted by Gasteiger charge is -2.18. The number of hydrogen-bond donors (Lipinski definition) is 1. The van der Waals surface area contributed by atoms with Gasteiger partial charge in [0.05, 0.1) is 12.0 Å². The predicted octanol–water partition coefficient (Wildman–Crippen LogP) is 0.948. The topological polar surface area (TPSA) is 96.4 Å². The number of ether oxygens (including phenoxy) is 2. The average molecular weight is 295 g/mol. The van der Waals surface area contributed by atoms with Crippen LogP contribution in [0.1, 0.15) is 33.4 Å². The van der Waals surface area contributed by atoms with Crippen LogP contribution in [-0.4, -0.2) is 28.2 Å². The summed E-state index contributed by atoms with van der Waals surface area (Å²) >= 11 is 0. The Morgan fingerprint density at radius 1 is 1.62 bits per heavy atom. The van der Waals surface area contributed by atoms with E-state index in [0.717, 1.165) is 0 Å². The summed E-state index contributed by atoms with van der Waals surface area (Å²) in [4.78, 5) is 27.0. The van der Waals surface area contributed by atoms with Crippen molar-refractivity contribution in [1.82, 2.24) is 9.55 Å². The van der Waals surface area contributed by atoms with E-state index in [2.05, 4.69) is 4.98 Å². The molecule has 1 saturated heterocycles. The first-order valence-electron chi connectivity index (χ1n) is 7.05. The zero-order valence-corrected chi connectivity index (χ0v) is 12.5. The summed E-state index contributed by atoms with van der Waals surface area (Å²) in [7, 11) is 0. The molecule has 1 fully saturated rings. The van der Waals surface area contributed by atoms with Gasteiger partial charge in [-0.2, -0.15) is 4.98 Å². The van der Waals surface area contributed by atoms with Gasteiger partial charge in [0.1, 0.15) is 18.7 Å². The van der Waals surface area contributed by atoms with E-state index >= 15 is 0 Å². The van der Waals surface area contributed by atoms with Crippen molar-refractivity contribution in [3.63, 3.8) is 0 Å². The number of carbonyl (C=O) groups is 1. The van der Waals surface area contributed by atoms with Crippen molar-refractivity contribution >= 4 is 11.8 Å². The van der Waals surface area contributed by atoms with E-state index in [4.69, 9.17) is 15.2 Å². The molecule has 0 bridgehead atoms. The highest BCUT2D eigenvalue weighted by Gasteiger charge is 2.34. The van der Waals surface area contributed by atoms with Gasteiger partial charge in [0, 0.05) is 12.1 Å². The number of esters is 1.